The summed E-state index contributed by atoms with van der Waals surface area (Å²) < 4.78 is 2.15. The van der Waals surface area contributed by atoms with Gasteiger partial charge in [0, 0.05) is 68.4 Å². The molecule has 11 heteroatoms. The van der Waals surface area contributed by atoms with Crippen molar-refractivity contribution < 1.29 is 28.9 Å². The van der Waals surface area contributed by atoms with Crippen LogP contribution in [0, 0.1) is 0 Å². The van der Waals surface area contributed by atoms with Crippen molar-refractivity contribution in [1.82, 2.24) is 14.9 Å². The Morgan fingerprint density at radius 2 is 1.62 bits per heavy atom. The lowest BCUT2D eigenvalue weighted by Gasteiger charge is -2.13. The third kappa shape index (κ3) is 6.37. The van der Waals surface area contributed by atoms with E-state index in [0.29, 0.717) is 29.0 Å². The van der Waals surface area contributed by atoms with E-state index in [0.717, 1.165) is 55.5 Å². The molecule has 48 heavy (non-hydrogen) atoms. The SMILES string of the molecule is CC(=O)ON=C(CCC(=O)N(C)C)c1ccc(-n2c3ccc(C(=O)c4cccs4)cc3c3cc4c(cc32)CC(C)=C4NOC(C)=O)cc1. The van der Waals surface area contributed by atoms with Crippen LogP contribution < -0.4 is 5.48 Å². The number of hydrogen-bond acceptors (Lipinski definition) is 9. The van der Waals surface area contributed by atoms with E-state index in [-0.39, 0.29) is 18.1 Å². The molecule has 1 amide bonds. The van der Waals surface area contributed by atoms with Crippen LogP contribution in [-0.4, -0.2) is 52.9 Å². The van der Waals surface area contributed by atoms with Crippen LogP contribution in [0.3, 0.4) is 0 Å². The van der Waals surface area contributed by atoms with Gasteiger partial charge in [0.25, 0.3) is 0 Å². The Morgan fingerprint density at radius 3 is 2.29 bits per heavy atom. The number of benzene rings is 3. The number of hydrogen-bond donors (Lipinski definition) is 1. The normalized spacial score (nSPS) is 12.7. The second kappa shape index (κ2) is 13.3. The molecule has 1 N–H and O–H groups in total. The molecule has 0 atom stereocenters. The van der Waals surface area contributed by atoms with Gasteiger partial charge in [0.2, 0.25) is 11.7 Å². The van der Waals surface area contributed by atoms with E-state index in [1.807, 2.05) is 66.9 Å². The minimum atomic E-state index is -0.547. The van der Waals surface area contributed by atoms with Crippen LogP contribution in [0.1, 0.15) is 65.5 Å². The summed E-state index contributed by atoms with van der Waals surface area (Å²) >= 11 is 1.41. The van der Waals surface area contributed by atoms with Gasteiger partial charge in [0.15, 0.2) is 0 Å². The molecule has 3 aromatic carbocycles. The topological polar surface area (TPSA) is 119 Å². The number of carbonyl (C=O) groups excluding carboxylic acids is 4. The lowest BCUT2D eigenvalue weighted by molar-refractivity contribution is -0.145. The van der Waals surface area contributed by atoms with Crippen molar-refractivity contribution in [2.75, 3.05) is 14.1 Å². The Labute approximate surface area is 281 Å². The van der Waals surface area contributed by atoms with Crippen molar-refractivity contribution in [3.05, 3.63) is 105 Å². The van der Waals surface area contributed by atoms with Gasteiger partial charge >= 0.3 is 11.9 Å². The maximum Gasteiger partial charge on any atom is 0.331 e. The number of amides is 1. The fourth-order valence-corrected chi connectivity index (χ4v) is 6.63. The smallest absolute Gasteiger partial charge is 0.331 e. The molecule has 0 bridgehead atoms. The zero-order valence-electron chi connectivity index (χ0n) is 27.2. The minimum Gasteiger partial charge on any atom is -0.349 e. The number of nitrogens with one attached hydrogen (secondary N) is 1. The van der Waals surface area contributed by atoms with Gasteiger partial charge in [-0.1, -0.05) is 23.4 Å². The van der Waals surface area contributed by atoms with Crippen LogP contribution in [0.4, 0.5) is 0 Å². The molecule has 10 nitrogen and oxygen atoms in total. The Bertz CT molecular complexity index is 2160. The summed E-state index contributed by atoms with van der Waals surface area (Å²) in [7, 11) is 3.38. The summed E-state index contributed by atoms with van der Waals surface area (Å²) in [5.74, 6) is -1.09. The number of rotatable bonds is 10. The number of carbonyl (C=O) groups is 4. The van der Waals surface area contributed by atoms with E-state index in [2.05, 4.69) is 27.3 Å². The highest BCUT2D eigenvalue weighted by atomic mass is 32.1. The standard InChI is InChI=1S/C37H34N4O6S/c1-21-17-26-19-33-30(20-28(26)36(21)39-47-23(3)43)29-18-25(37(45)34-7-6-16-48-34)10-14-32(29)41(33)27-11-8-24(9-12-27)31(38-46-22(2)42)13-15-35(44)40(4)5/h6-12,14,16,18-20,39H,13,15,17H2,1-5H3. The predicted octanol–water partition coefficient (Wildman–Crippen LogP) is 6.57. The molecule has 0 fully saturated rings. The van der Waals surface area contributed by atoms with Gasteiger partial charge in [-0.3, -0.25) is 14.4 Å². The molecule has 0 spiro atoms. The van der Waals surface area contributed by atoms with Gasteiger partial charge in [-0.15, -0.1) is 11.3 Å². The average molecular weight is 663 g/mol. The third-order valence-electron chi connectivity index (χ3n) is 8.26. The highest BCUT2D eigenvalue weighted by molar-refractivity contribution is 7.12. The van der Waals surface area contributed by atoms with E-state index >= 15 is 0 Å². The van der Waals surface area contributed by atoms with Crippen LogP contribution in [0.2, 0.25) is 0 Å². The number of fused-ring (bicyclic) bond motifs is 4. The van der Waals surface area contributed by atoms with E-state index in [1.165, 1.54) is 30.1 Å². The largest absolute Gasteiger partial charge is 0.349 e. The summed E-state index contributed by atoms with van der Waals surface area (Å²) in [6.45, 7) is 4.63. The maximum atomic E-state index is 13.4. The Morgan fingerprint density at radius 1 is 0.896 bits per heavy atom. The number of allylic oxidation sites excluding steroid dienone is 1. The second-order valence-electron chi connectivity index (χ2n) is 11.9. The van der Waals surface area contributed by atoms with E-state index < -0.39 is 11.9 Å². The molecule has 2 heterocycles. The number of ketones is 1. The first kappa shape index (κ1) is 32.4. The van der Waals surface area contributed by atoms with Gasteiger partial charge in [-0.2, -0.15) is 0 Å². The molecular formula is C37H34N4O6S. The lowest BCUT2D eigenvalue weighted by atomic mass is 10.0. The number of aromatic nitrogens is 1. The van der Waals surface area contributed by atoms with E-state index in [4.69, 9.17) is 9.68 Å². The predicted molar refractivity (Wildman–Crippen MR) is 186 cm³/mol. The molecule has 0 aliphatic heterocycles. The molecule has 1 aliphatic carbocycles. The number of oxime groups is 1. The van der Waals surface area contributed by atoms with Crippen molar-refractivity contribution in [3.63, 3.8) is 0 Å². The molecule has 2 aromatic heterocycles. The molecule has 244 valence electrons. The van der Waals surface area contributed by atoms with Crippen molar-refractivity contribution in [1.29, 1.82) is 0 Å². The third-order valence-corrected chi connectivity index (χ3v) is 9.13. The summed E-state index contributed by atoms with van der Waals surface area (Å²) in [6.07, 6.45) is 1.18. The van der Waals surface area contributed by atoms with Crippen LogP contribution in [0.25, 0.3) is 33.2 Å². The highest BCUT2D eigenvalue weighted by Gasteiger charge is 2.24. The summed E-state index contributed by atoms with van der Waals surface area (Å²) in [6, 6.07) is 21.4. The number of nitrogens with zero attached hydrogens (tertiary/aromatic N) is 3. The minimum absolute atomic E-state index is 0.0430. The van der Waals surface area contributed by atoms with E-state index in [9.17, 15) is 19.2 Å². The van der Waals surface area contributed by atoms with Gasteiger partial charge in [-0.25, -0.2) is 10.3 Å². The van der Waals surface area contributed by atoms with Crippen molar-refractivity contribution >= 4 is 68.2 Å². The molecule has 0 saturated heterocycles. The molecule has 1 aliphatic rings. The zero-order valence-corrected chi connectivity index (χ0v) is 28.1. The lowest BCUT2D eigenvalue weighted by Crippen LogP contribution is -2.22. The fourth-order valence-electron chi connectivity index (χ4n) is 5.94. The Kier molecular flexibility index (Phi) is 8.97. The van der Waals surface area contributed by atoms with Gasteiger partial charge in [0.1, 0.15) is 0 Å². The molecule has 0 saturated carbocycles. The monoisotopic (exact) mass is 662 g/mol. The van der Waals surface area contributed by atoms with Crippen molar-refractivity contribution in [2.24, 2.45) is 5.16 Å². The first-order chi connectivity index (χ1) is 23.0. The van der Waals surface area contributed by atoms with Crippen molar-refractivity contribution in [2.45, 2.75) is 40.0 Å². The first-order valence-corrected chi connectivity index (χ1v) is 16.3. The molecule has 5 aromatic rings. The molecule has 0 unspecified atom stereocenters. The van der Waals surface area contributed by atoms with Crippen LogP contribution in [0.15, 0.2) is 82.8 Å². The average Bonchev–Trinajstić information content (AvgIpc) is 3.78. The fraction of sp³-hybridized carbons (Fsp3) is 0.216. The molecule has 0 radical (unpaired) electrons. The van der Waals surface area contributed by atoms with Crippen LogP contribution in [-0.2, 0) is 30.5 Å². The second-order valence-corrected chi connectivity index (χ2v) is 12.8. The highest BCUT2D eigenvalue weighted by Crippen LogP contribution is 2.40. The van der Waals surface area contributed by atoms with Gasteiger partial charge < -0.3 is 19.1 Å². The summed E-state index contributed by atoms with van der Waals surface area (Å²) in [4.78, 5) is 61.2. The van der Waals surface area contributed by atoms with Gasteiger partial charge in [-0.05, 0) is 84.0 Å². The molecular weight excluding hydrogens is 628 g/mol. The zero-order chi connectivity index (χ0) is 34.1. The molecule has 6 rings (SSSR count). The summed E-state index contributed by atoms with van der Waals surface area (Å²) in [5.41, 5.74) is 11.2. The van der Waals surface area contributed by atoms with E-state index in [1.54, 1.807) is 14.1 Å². The maximum absolute atomic E-state index is 13.4. The van der Waals surface area contributed by atoms with Crippen LogP contribution >= 0.6 is 11.3 Å². The van der Waals surface area contributed by atoms with Gasteiger partial charge in [0.05, 0.1) is 27.3 Å². The number of hydroxylamine groups is 1. The quantitative estimate of drug-likeness (QED) is 0.0778. The van der Waals surface area contributed by atoms with Crippen LogP contribution in [0.5, 0.6) is 0 Å². The first-order valence-electron chi connectivity index (χ1n) is 15.4. The summed E-state index contributed by atoms with van der Waals surface area (Å²) in [5, 5.41) is 7.78. The Balaban J connectivity index is 1.47. The Hall–Kier alpha value is -5.55. The van der Waals surface area contributed by atoms with Crippen molar-refractivity contribution in [3.8, 4) is 5.69 Å². The number of thiophene rings is 1.